The highest BCUT2D eigenvalue weighted by atomic mass is 16.2. The molecule has 1 fully saturated rings. The molecule has 1 aliphatic heterocycles. The van der Waals surface area contributed by atoms with Crippen LogP contribution in [0.1, 0.15) is 24.5 Å². The summed E-state index contributed by atoms with van der Waals surface area (Å²) in [5.74, 6) is 0.504. The van der Waals surface area contributed by atoms with Gasteiger partial charge in [0.15, 0.2) is 0 Å². The van der Waals surface area contributed by atoms with Gasteiger partial charge in [0.2, 0.25) is 5.91 Å². The molecule has 0 aliphatic carbocycles. The van der Waals surface area contributed by atoms with Gasteiger partial charge in [-0.1, -0.05) is 19.1 Å². The highest BCUT2D eigenvalue weighted by Gasteiger charge is 2.29. The first-order chi connectivity index (χ1) is 8.08. The first-order valence-electron chi connectivity index (χ1n) is 6.19. The molecule has 1 aliphatic rings. The van der Waals surface area contributed by atoms with E-state index in [9.17, 15) is 4.79 Å². The minimum atomic E-state index is -0.0464. The number of benzene rings is 1. The van der Waals surface area contributed by atoms with Crippen molar-refractivity contribution in [2.75, 3.05) is 11.9 Å². The summed E-state index contributed by atoms with van der Waals surface area (Å²) >= 11 is 0. The molecular formula is C14H20N2O. The Hall–Kier alpha value is -1.35. The minimum absolute atomic E-state index is 0.0464. The minimum Gasteiger partial charge on any atom is -0.324 e. The molecule has 0 radical (unpaired) electrons. The van der Waals surface area contributed by atoms with Crippen LogP contribution >= 0.6 is 0 Å². The van der Waals surface area contributed by atoms with E-state index in [2.05, 4.69) is 23.6 Å². The van der Waals surface area contributed by atoms with Crippen molar-refractivity contribution < 1.29 is 4.79 Å². The predicted octanol–water partition coefficient (Wildman–Crippen LogP) is 2.24. The van der Waals surface area contributed by atoms with Crippen LogP contribution in [-0.2, 0) is 4.79 Å². The topological polar surface area (TPSA) is 41.1 Å². The second-order valence-electron chi connectivity index (χ2n) is 5.01. The van der Waals surface area contributed by atoms with Crippen molar-refractivity contribution in [2.24, 2.45) is 5.92 Å². The zero-order valence-corrected chi connectivity index (χ0v) is 10.7. The van der Waals surface area contributed by atoms with Crippen LogP contribution in [0.25, 0.3) is 0 Å². The van der Waals surface area contributed by atoms with Gasteiger partial charge in [-0.05, 0) is 49.9 Å². The van der Waals surface area contributed by atoms with Gasteiger partial charge < -0.3 is 10.6 Å². The Morgan fingerprint density at radius 3 is 2.82 bits per heavy atom. The maximum absolute atomic E-state index is 12.1. The van der Waals surface area contributed by atoms with E-state index >= 15 is 0 Å². The number of rotatable bonds is 2. The Kier molecular flexibility index (Phi) is 3.48. The number of hydrogen-bond donors (Lipinski definition) is 2. The molecule has 0 bridgehead atoms. The van der Waals surface area contributed by atoms with Gasteiger partial charge in [0, 0.05) is 5.69 Å². The van der Waals surface area contributed by atoms with Crippen LogP contribution < -0.4 is 10.6 Å². The summed E-state index contributed by atoms with van der Waals surface area (Å²) in [6.07, 6.45) is 1.07. The van der Waals surface area contributed by atoms with E-state index in [4.69, 9.17) is 0 Å². The smallest absolute Gasteiger partial charge is 0.241 e. The van der Waals surface area contributed by atoms with Crippen LogP contribution in [-0.4, -0.2) is 18.5 Å². The average Bonchev–Trinajstić information content (AvgIpc) is 2.70. The SMILES string of the molecule is Cc1ccc(C)c(NC(=O)C2NCCC2C)c1. The summed E-state index contributed by atoms with van der Waals surface area (Å²) in [5.41, 5.74) is 3.20. The summed E-state index contributed by atoms with van der Waals surface area (Å²) in [4.78, 5) is 12.1. The van der Waals surface area contributed by atoms with E-state index in [1.54, 1.807) is 0 Å². The molecule has 0 aromatic heterocycles. The third kappa shape index (κ3) is 2.67. The third-order valence-corrected chi connectivity index (χ3v) is 3.47. The van der Waals surface area contributed by atoms with Crippen molar-refractivity contribution in [1.29, 1.82) is 0 Å². The first-order valence-corrected chi connectivity index (χ1v) is 6.19. The van der Waals surface area contributed by atoms with E-state index in [1.807, 2.05) is 26.0 Å². The zero-order valence-electron chi connectivity index (χ0n) is 10.7. The van der Waals surface area contributed by atoms with Crippen molar-refractivity contribution in [3.05, 3.63) is 29.3 Å². The Bertz CT molecular complexity index is 428. The lowest BCUT2D eigenvalue weighted by atomic mass is 10.0. The lowest BCUT2D eigenvalue weighted by Crippen LogP contribution is -2.39. The van der Waals surface area contributed by atoms with Gasteiger partial charge in [-0.15, -0.1) is 0 Å². The fourth-order valence-corrected chi connectivity index (χ4v) is 2.27. The molecule has 2 atom stereocenters. The second-order valence-corrected chi connectivity index (χ2v) is 5.01. The van der Waals surface area contributed by atoms with Gasteiger partial charge in [0.1, 0.15) is 0 Å². The third-order valence-electron chi connectivity index (χ3n) is 3.47. The van der Waals surface area contributed by atoms with E-state index in [1.165, 1.54) is 5.56 Å². The van der Waals surface area contributed by atoms with Crippen LogP contribution in [0.2, 0.25) is 0 Å². The highest BCUT2D eigenvalue weighted by Crippen LogP contribution is 2.19. The summed E-state index contributed by atoms with van der Waals surface area (Å²) in [6.45, 7) is 7.10. The zero-order chi connectivity index (χ0) is 12.4. The van der Waals surface area contributed by atoms with Gasteiger partial charge in [-0.3, -0.25) is 4.79 Å². The van der Waals surface area contributed by atoms with Crippen molar-refractivity contribution >= 4 is 11.6 Å². The molecule has 17 heavy (non-hydrogen) atoms. The molecule has 2 N–H and O–H groups in total. The monoisotopic (exact) mass is 232 g/mol. The molecule has 1 heterocycles. The van der Waals surface area contributed by atoms with E-state index in [0.717, 1.165) is 24.2 Å². The van der Waals surface area contributed by atoms with Crippen molar-refractivity contribution in [2.45, 2.75) is 33.2 Å². The standard InChI is InChI=1S/C14H20N2O/c1-9-4-5-10(2)12(8-9)16-14(17)13-11(3)6-7-15-13/h4-5,8,11,13,15H,6-7H2,1-3H3,(H,16,17). The highest BCUT2D eigenvalue weighted by molar-refractivity contribution is 5.95. The molecule has 92 valence electrons. The van der Waals surface area contributed by atoms with Crippen LogP contribution in [0, 0.1) is 19.8 Å². The summed E-state index contributed by atoms with van der Waals surface area (Å²) in [7, 11) is 0. The molecule has 2 rings (SSSR count). The maximum Gasteiger partial charge on any atom is 0.241 e. The molecule has 3 heteroatoms. The quantitative estimate of drug-likeness (QED) is 0.821. The molecule has 1 saturated heterocycles. The lowest BCUT2D eigenvalue weighted by Gasteiger charge is -2.16. The molecule has 1 aromatic carbocycles. The normalized spacial score (nSPS) is 23.7. The van der Waals surface area contributed by atoms with Crippen molar-refractivity contribution in [3.63, 3.8) is 0 Å². The van der Waals surface area contributed by atoms with Gasteiger partial charge in [-0.2, -0.15) is 0 Å². The molecule has 3 nitrogen and oxygen atoms in total. The molecule has 1 aromatic rings. The summed E-state index contributed by atoms with van der Waals surface area (Å²) < 4.78 is 0. The fourth-order valence-electron chi connectivity index (χ4n) is 2.27. The number of amides is 1. The largest absolute Gasteiger partial charge is 0.324 e. The molecule has 2 unspecified atom stereocenters. The second kappa shape index (κ2) is 4.88. The number of aryl methyl sites for hydroxylation is 2. The van der Waals surface area contributed by atoms with Gasteiger partial charge >= 0.3 is 0 Å². The molecular weight excluding hydrogens is 212 g/mol. The Balaban J connectivity index is 2.10. The Morgan fingerprint density at radius 2 is 2.18 bits per heavy atom. The van der Waals surface area contributed by atoms with E-state index < -0.39 is 0 Å². The number of anilines is 1. The summed E-state index contributed by atoms with van der Waals surface area (Å²) in [6, 6.07) is 6.07. The number of nitrogens with one attached hydrogen (secondary N) is 2. The number of carbonyl (C=O) groups excluding carboxylic acids is 1. The Labute approximate surface area is 103 Å². The van der Waals surface area contributed by atoms with Crippen LogP contribution in [0.5, 0.6) is 0 Å². The van der Waals surface area contributed by atoms with Crippen molar-refractivity contribution in [3.8, 4) is 0 Å². The molecule has 1 amide bonds. The van der Waals surface area contributed by atoms with E-state index in [-0.39, 0.29) is 11.9 Å². The molecule has 0 spiro atoms. The Morgan fingerprint density at radius 1 is 1.41 bits per heavy atom. The average molecular weight is 232 g/mol. The van der Waals surface area contributed by atoms with Crippen molar-refractivity contribution in [1.82, 2.24) is 5.32 Å². The number of hydrogen-bond acceptors (Lipinski definition) is 2. The first kappa shape index (κ1) is 12.1. The van der Waals surface area contributed by atoms with Crippen LogP contribution in [0.4, 0.5) is 5.69 Å². The fraction of sp³-hybridized carbons (Fsp3) is 0.500. The van der Waals surface area contributed by atoms with Crippen LogP contribution in [0.3, 0.4) is 0 Å². The van der Waals surface area contributed by atoms with Gasteiger partial charge in [0.05, 0.1) is 6.04 Å². The van der Waals surface area contributed by atoms with Gasteiger partial charge in [-0.25, -0.2) is 0 Å². The number of carbonyl (C=O) groups is 1. The lowest BCUT2D eigenvalue weighted by molar-refractivity contribution is -0.118. The van der Waals surface area contributed by atoms with Crippen LogP contribution in [0.15, 0.2) is 18.2 Å². The van der Waals surface area contributed by atoms with E-state index in [0.29, 0.717) is 5.92 Å². The maximum atomic E-state index is 12.1. The summed E-state index contributed by atoms with van der Waals surface area (Å²) in [5, 5.41) is 6.27. The molecule has 0 saturated carbocycles. The van der Waals surface area contributed by atoms with Gasteiger partial charge in [0.25, 0.3) is 0 Å². The predicted molar refractivity (Wildman–Crippen MR) is 70.1 cm³/mol.